The van der Waals surface area contributed by atoms with Crippen LogP contribution < -0.4 is 0 Å². The lowest BCUT2D eigenvalue weighted by Crippen LogP contribution is -2.30. The number of aromatic amines is 1. The molecule has 0 radical (unpaired) electrons. The topological polar surface area (TPSA) is 66.1 Å². The van der Waals surface area contributed by atoms with Crippen molar-refractivity contribution < 1.29 is 8.42 Å². The quantitative estimate of drug-likeness (QED) is 0.889. The van der Waals surface area contributed by atoms with E-state index in [-0.39, 0.29) is 5.03 Å². The van der Waals surface area contributed by atoms with Gasteiger partial charge in [0.15, 0.2) is 5.03 Å². The lowest BCUT2D eigenvalue weighted by molar-refractivity contribution is 0.424. The Balaban J connectivity index is 2.25. The highest BCUT2D eigenvalue weighted by molar-refractivity contribution is 7.89. The summed E-state index contributed by atoms with van der Waals surface area (Å²) in [6.07, 6.45) is 2.08. The minimum Gasteiger partial charge on any atom is -0.332 e. The van der Waals surface area contributed by atoms with E-state index in [0.29, 0.717) is 25.3 Å². The first-order valence-electron chi connectivity index (χ1n) is 6.14. The van der Waals surface area contributed by atoms with Crippen molar-refractivity contribution in [3.05, 3.63) is 34.4 Å². The molecular formula is C12H17N3O2S2. The van der Waals surface area contributed by atoms with Crippen LogP contribution in [0.3, 0.4) is 0 Å². The van der Waals surface area contributed by atoms with E-state index < -0.39 is 10.0 Å². The lowest BCUT2D eigenvalue weighted by Gasteiger charge is -2.18. The number of H-pyrrole nitrogens is 1. The fraction of sp³-hybridized carbons (Fsp3) is 0.417. The van der Waals surface area contributed by atoms with E-state index in [1.165, 1.54) is 10.5 Å². The molecule has 0 fully saturated rings. The minimum absolute atomic E-state index is 0.169. The summed E-state index contributed by atoms with van der Waals surface area (Å²) in [4.78, 5) is 7.94. The van der Waals surface area contributed by atoms with Crippen LogP contribution in [0.15, 0.2) is 28.7 Å². The molecule has 0 aliphatic heterocycles. The van der Waals surface area contributed by atoms with Gasteiger partial charge < -0.3 is 4.98 Å². The van der Waals surface area contributed by atoms with E-state index in [2.05, 4.69) is 9.97 Å². The van der Waals surface area contributed by atoms with Crippen molar-refractivity contribution in [2.45, 2.75) is 31.8 Å². The molecule has 0 aliphatic rings. The van der Waals surface area contributed by atoms with Crippen LogP contribution in [0.1, 0.15) is 24.5 Å². The fourth-order valence-electron chi connectivity index (χ4n) is 1.74. The van der Waals surface area contributed by atoms with Crippen molar-refractivity contribution in [2.75, 3.05) is 6.54 Å². The third kappa shape index (κ3) is 3.05. The summed E-state index contributed by atoms with van der Waals surface area (Å²) in [5.41, 5.74) is 0. The van der Waals surface area contributed by atoms with Gasteiger partial charge in [0.1, 0.15) is 5.82 Å². The van der Waals surface area contributed by atoms with Crippen LogP contribution in [0.5, 0.6) is 0 Å². The van der Waals surface area contributed by atoms with Crippen LogP contribution in [0.4, 0.5) is 0 Å². The summed E-state index contributed by atoms with van der Waals surface area (Å²) in [6, 6.07) is 3.86. The van der Waals surface area contributed by atoms with Crippen LogP contribution >= 0.6 is 11.3 Å². The maximum atomic E-state index is 12.5. The van der Waals surface area contributed by atoms with Crippen LogP contribution in [-0.2, 0) is 23.0 Å². The Labute approximate surface area is 117 Å². The Morgan fingerprint density at radius 3 is 2.74 bits per heavy atom. The molecule has 0 amide bonds. The molecule has 7 heteroatoms. The molecule has 2 aromatic rings. The maximum Gasteiger partial charge on any atom is 0.260 e. The highest BCUT2D eigenvalue weighted by Gasteiger charge is 2.25. The third-order valence-electron chi connectivity index (χ3n) is 2.82. The van der Waals surface area contributed by atoms with Crippen LogP contribution in [0, 0.1) is 0 Å². The molecule has 0 aromatic carbocycles. The zero-order valence-corrected chi connectivity index (χ0v) is 12.6. The molecular weight excluding hydrogens is 282 g/mol. The Morgan fingerprint density at radius 2 is 2.21 bits per heavy atom. The summed E-state index contributed by atoms with van der Waals surface area (Å²) in [5.74, 6) is 0.686. The lowest BCUT2D eigenvalue weighted by atomic mass is 10.4. The number of hydrogen-bond acceptors (Lipinski definition) is 4. The normalized spacial score (nSPS) is 12.2. The van der Waals surface area contributed by atoms with Crippen LogP contribution in [-0.4, -0.2) is 29.2 Å². The van der Waals surface area contributed by atoms with Crippen molar-refractivity contribution in [1.29, 1.82) is 0 Å². The average Bonchev–Trinajstić information content (AvgIpc) is 3.06. The molecule has 5 nitrogen and oxygen atoms in total. The highest BCUT2D eigenvalue weighted by atomic mass is 32.2. The van der Waals surface area contributed by atoms with Crippen molar-refractivity contribution >= 4 is 21.4 Å². The van der Waals surface area contributed by atoms with Crippen LogP contribution in [0.2, 0.25) is 0 Å². The van der Waals surface area contributed by atoms with Gasteiger partial charge in [-0.05, 0) is 11.4 Å². The number of nitrogens with one attached hydrogen (secondary N) is 1. The molecule has 0 saturated heterocycles. The van der Waals surface area contributed by atoms with E-state index in [0.717, 1.165) is 4.88 Å². The number of aryl methyl sites for hydroxylation is 1. The van der Waals surface area contributed by atoms with E-state index in [4.69, 9.17) is 0 Å². The van der Waals surface area contributed by atoms with Crippen molar-refractivity contribution in [1.82, 2.24) is 14.3 Å². The molecule has 0 atom stereocenters. The summed E-state index contributed by atoms with van der Waals surface area (Å²) in [7, 11) is -3.49. The first kappa shape index (κ1) is 14.2. The smallest absolute Gasteiger partial charge is 0.260 e. The largest absolute Gasteiger partial charge is 0.332 e. The molecule has 0 aliphatic carbocycles. The van der Waals surface area contributed by atoms with Crippen molar-refractivity contribution in [3.8, 4) is 0 Å². The van der Waals surface area contributed by atoms with Crippen LogP contribution in [0.25, 0.3) is 0 Å². The molecule has 19 heavy (non-hydrogen) atoms. The molecule has 0 saturated carbocycles. The van der Waals surface area contributed by atoms with Gasteiger partial charge in [-0.3, -0.25) is 0 Å². The Kier molecular flexibility index (Phi) is 4.38. The van der Waals surface area contributed by atoms with Gasteiger partial charge >= 0.3 is 0 Å². The molecule has 2 rings (SSSR count). The summed E-state index contributed by atoms with van der Waals surface area (Å²) in [6.45, 7) is 4.60. The van der Waals surface area contributed by atoms with Crippen molar-refractivity contribution in [2.24, 2.45) is 0 Å². The fourth-order valence-corrected chi connectivity index (χ4v) is 3.90. The van der Waals surface area contributed by atoms with E-state index >= 15 is 0 Å². The summed E-state index contributed by atoms with van der Waals surface area (Å²) >= 11 is 1.56. The zero-order valence-electron chi connectivity index (χ0n) is 11.0. The van der Waals surface area contributed by atoms with Gasteiger partial charge in [-0.25, -0.2) is 13.4 Å². The van der Waals surface area contributed by atoms with Gasteiger partial charge in [0, 0.05) is 24.4 Å². The maximum absolute atomic E-state index is 12.5. The second-order valence-corrected chi connectivity index (χ2v) is 7.00. The Hall–Kier alpha value is -1.18. The first-order chi connectivity index (χ1) is 9.07. The average molecular weight is 299 g/mol. The van der Waals surface area contributed by atoms with Crippen molar-refractivity contribution in [3.63, 3.8) is 0 Å². The predicted octanol–water partition coefficient (Wildman–Crippen LogP) is 2.24. The second-order valence-electron chi connectivity index (χ2n) is 4.06. The van der Waals surface area contributed by atoms with Gasteiger partial charge in [0.25, 0.3) is 10.0 Å². The van der Waals surface area contributed by atoms with Gasteiger partial charge in [0.05, 0.1) is 6.20 Å². The number of sulfonamides is 1. The Morgan fingerprint density at radius 1 is 1.42 bits per heavy atom. The van der Waals surface area contributed by atoms with E-state index in [9.17, 15) is 8.42 Å². The SMILES string of the molecule is CCc1ncc(S(=O)(=O)N(CC)Cc2cccs2)[nH]1. The summed E-state index contributed by atoms with van der Waals surface area (Å²) < 4.78 is 26.4. The molecule has 104 valence electrons. The molecule has 2 heterocycles. The number of imidazole rings is 1. The molecule has 0 bridgehead atoms. The van der Waals surface area contributed by atoms with Gasteiger partial charge in [-0.15, -0.1) is 11.3 Å². The number of aromatic nitrogens is 2. The number of thiophene rings is 1. The molecule has 0 spiro atoms. The minimum atomic E-state index is -3.49. The van der Waals surface area contributed by atoms with Gasteiger partial charge in [-0.2, -0.15) is 4.31 Å². The van der Waals surface area contributed by atoms with E-state index in [1.54, 1.807) is 11.3 Å². The summed E-state index contributed by atoms with van der Waals surface area (Å²) in [5, 5.41) is 2.11. The second kappa shape index (κ2) is 5.85. The molecule has 0 unspecified atom stereocenters. The predicted molar refractivity (Wildman–Crippen MR) is 75.6 cm³/mol. The first-order valence-corrected chi connectivity index (χ1v) is 8.46. The number of rotatable bonds is 6. The monoisotopic (exact) mass is 299 g/mol. The van der Waals surface area contributed by atoms with E-state index in [1.807, 2.05) is 31.4 Å². The third-order valence-corrected chi connectivity index (χ3v) is 5.51. The zero-order chi connectivity index (χ0) is 13.9. The molecule has 1 N–H and O–H groups in total. The van der Waals surface area contributed by atoms with Gasteiger partial charge in [0.2, 0.25) is 0 Å². The highest BCUT2D eigenvalue weighted by Crippen LogP contribution is 2.19. The number of nitrogens with zero attached hydrogens (tertiary/aromatic N) is 2. The van der Waals surface area contributed by atoms with Gasteiger partial charge in [-0.1, -0.05) is 19.9 Å². The Bertz CT molecular complexity index is 617. The standard InChI is InChI=1S/C12H17N3O2S2/c1-3-11-13-8-12(14-11)19(16,17)15(4-2)9-10-6-5-7-18-10/h5-8H,3-4,9H2,1-2H3,(H,13,14). The molecule has 2 aromatic heterocycles. The number of hydrogen-bond donors (Lipinski definition) is 1.